The summed E-state index contributed by atoms with van der Waals surface area (Å²) in [6.45, 7) is 4.82. The molecule has 4 nitrogen and oxygen atoms in total. The molecule has 3 aromatic carbocycles. The van der Waals surface area contributed by atoms with Gasteiger partial charge in [-0.15, -0.1) is 0 Å². The summed E-state index contributed by atoms with van der Waals surface area (Å²) in [7, 11) is 0. The first-order chi connectivity index (χ1) is 14.1. The van der Waals surface area contributed by atoms with E-state index >= 15 is 0 Å². The maximum Gasteiger partial charge on any atom is 0.266 e. The lowest BCUT2D eigenvalue weighted by atomic mass is 10.1. The number of nitrogens with two attached hydrogens (primary N) is 1. The van der Waals surface area contributed by atoms with Gasteiger partial charge in [-0.05, 0) is 43.7 Å². The maximum atomic E-state index is 13.5. The molecule has 29 heavy (non-hydrogen) atoms. The van der Waals surface area contributed by atoms with Crippen molar-refractivity contribution in [1.82, 2.24) is 9.55 Å². The van der Waals surface area contributed by atoms with E-state index in [1.165, 1.54) is 5.56 Å². The van der Waals surface area contributed by atoms with Crippen LogP contribution in [0.1, 0.15) is 29.9 Å². The fourth-order valence-corrected chi connectivity index (χ4v) is 3.73. The van der Waals surface area contributed by atoms with Gasteiger partial charge < -0.3 is 5.32 Å². The van der Waals surface area contributed by atoms with E-state index in [1.807, 2.05) is 67.6 Å². The first-order valence-corrected chi connectivity index (χ1v) is 10.1. The molecule has 0 radical (unpaired) electrons. The van der Waals surface area contributed by atoms with Crippen LogP contribution in [0.2, 0.25) is 5.02 Å². The van der Waals surface area contributed by atoms with Gasteiger partial charge in [0.1, 0.15) is 12.6 Å². The lowest BCUT2D eigenvalue weighted by Gasteiger charge is -2.19. The van der Waals surface area contributed by atoms with Gasteiger partial charge in [0.25, 0.3) is 5.56 Å². The number of hydrogen-bond donors (Lipinski definition) is 1. The Kier molecular flexibility index (Phi) is 5.47. The summed E-state index contributed by atoms with van der Waals surface area (Å²) < 4.78 is 1.72. The second kappa shape index (κ2) is 8.19. The van der Waals surface area contributed by atoms with Crippen molar-refractivity contribution in [2.24, 2.45) is 0 Å². The second-order valence-corrected chi connectivity index (χ2v) is 7.63. The van der Waals surface area contributed by atoms with E-state index < -0.39 is 0 Å². The summed E-state index contributed by atoms with van der Waals surface area (Å²) in [4.78, 5) is 18.3. The van der Waals surface area contributed by atoms with Crippen LogP contribution >= 0.6 is 11.6 Å². The summed E-state index contributed by atoms with van der Waals surface area (Å²) in [5.74, 6) is 0.718. The topological polar surface area (TPSA) is 51.5 Å². The smallest absolute Gasteiger partial charge is 0.266 e. The van der Waals surface area contributed by atoms with Crippen LogP contribution in [0.4, 0.5) is 0 Å². The Morgan fingerprint density at radius 1 is 1.00 bits per heavy atom. The average Bonchev–Trinajstić information content (AvgIpc) is 2.75. The second-order valence-electron chi connectivity index (χ2n) is 7.23. The van der Waals surface area contributed by atoms with Gasteiger partial charge in [0, 0.05) is 10.6 Å². The molecule has 0 spiro atoms. The largest absolute Gasteiger partial charge is 0.334 e. The van der Waals surface area contributed by atoms with E-state index in [-0.39, 0.29) is 11.6 Å². The molecule has 0 aliphatic rings. The zero-order valence-corrected chi connectivity index (χ0v) is 17.2. The lowest BCUT2D eigenvalue weighted by Crippen LogP contribution is -2.83. The van der Waals surface area contributed by atoms with Gasteiger partial charge in [-0.1, -0.05) is 60.1 Å². The van der Waals surface area contributed by atoms with Crippen molar-refractivity contribution in [2.75, 3.05) is 0 Å². The van der Waals surface area contributed by atoms with Crippen molar-refractivity contribution in [1.29, 1.82) is 0 Å². The molecule has 1 atom stereocenters. The van der Waals surface area contributed by atoms with Gasteiger partial charge in [-0.3, -0.25) is 9.36 Å². The standard InChI is InChI=1S/C24H22ClN3O/c1-16-20(25)12-8-14-22(16)28-23(17(2)26-15-18-9-4-3-5-10-18)27-21-13-7-6-11-19(21)24(28)29/h3-14,17,26H,15H2,1-2H3/p+1/t17-/m0/s1. The third-order valence-electron chi connectivity index (χ3n) is 5.24. The Morgan fingerprint density at radius 3 is 2.52 bits per heavy atom. The summed E-state index contributed by atoms with van der Waals surface area (Å²) >= 11 is 6.36. The molecule has 1 aromatic heterocycles. The van der Waals surface area contributed by atoms with Crippen LogP contribution in [0.3, 0.4) is 0 Å². The normalized spacial score (nSPS) is 12.2. The Morgan fingerprint density at radius 2 is 1.72 bits per heavy atom. The van der Waals surface area contributed by atoms with Gasteiger partial charge >= 0.3 is 0 Å². The predicted molar refractivity (Wildman–Crippen MR) is 118 cm³/mol. The van der Waals surface area contributed by atoms with Crippen LogP contribution in [0.15, 0.2) is 77.6 Å². The highest BCUT2D eigenvalue weighted by Crippen LogP contribution is 2.24. The molecule has 0 aliphatic carbocycles. The first kappa shape index (κ1) is 19.4. The lowest BCUT2D eigenvalue weighted by molar-refractivity contribution is -0.709. The molecule has 0 aliphatic heterocycles. The number of halogens is 1. The Hall–Kier alpha value is -2.95. The average molecular weight is 405 g/mol. The van der Waals surface area contributed by atoms with Crippen molar-refractivity contribution in [3.63, 3.8) is 0 Å². The predicted octanol–water partition coefficient (Wildman–Crippen LogP) is 4.17. The molecule has 0 unspecified atom stereocenters. The number of aromatic nitrogens is 2. The van der Waals surface area contributed by atoms with Gasteiger partial charge in [0.2, 0.25) is 0 Å². The summed E-state index contributed by atoms with van der Waals surface area (Å²) in [6.07, 6.45) is 0. The minimum Gasteiger partial charge on any atom is -0.334 e. The number of rotatable bonds is 5. The van der Waals surface area contributed by atoms with E-state index in [2.05, 4.69) is 24.4 Å². The van der Waals surface area contributed by atoms with Crippen molar-refractivity contribution in [3.8, 4) is 5.69 Å². The molecule has 5 heteroatoms. The highest BCUT2D eigenvalue weighted by molar-refractivity contribution is 6.31. The van der Waals surface area contributed by atoms with Crippen molar-refractivity contribution >= 4 is 22.5 Å². The number of quaternary nitrogens is 1. The van der Waals surface area contributed by atoms with E-state index in [4.69, 9.17) is 16.6 Å². The van der Waals surface area contributed by atoms with Crippen LogP contribution in [-0.4, -0.2) is 9.55 Å². The molecule has 0 amide bonds. The van der Waals surface area contributed by atoms with Gasteiger partial charge in [-0.2, -0.15) is 0 Å². The Labute approximate surface area is 174 Å². The third-order valence-corrected chi connectivity index (χ3v) is 5.65. The summed E-state index contributed by atoms with van der Waals surface area (Å²) in [5, 5.41) is 3.43. The van der Waals surface area contributed by atoms with Crippen LogP contribution < -0.4 is 10.9 Å². The fourth-order valence-electron chi connectivity index (χ4n) is 3.56. The van der Waals surface area contributed by atoms with Gasteiger partial charge in [0.05, 0.1) is 16.6 Å². The molecular formula is C24H23ClN3O+. The summed E-state index contributed by atoms with van der Waals surface area (Å²) in [5.41, 5.74) is 3.51. The molecule has 4 rings (SSSR count). The van der Waals surface area contributed by atoms with Crippen molar-refractivity contribution < 1.29 is 5.32 Å². The molecule has 0 saturated heterocycles. The van der Waals surface area contributed by atoms with Crippen LogP contribution in [0, 0.1) is 6.92 Å². The van der Waals surface area contributed by atoms with Gasteiger partial charge in [0.15, 0.2) is 5.82 Å². The first-order valence-electron chi connectivity index (χ1n) is 9.70. The molecule has 4 aromatic rings. The fraction of sp³-hybridized carbons (Fsp3) is 0.167. The summed E-state index contributed by atoms with van der Waals surface area (Å²) in [6, 6.07) is 23.4. The third kappa shape index (κ3) is 3.82. The number of benzene rings is 3. The van der Waals surface area contributed by atoms with Crippen molar-refractivity contribution in [2.45, 2.75) is 26.4 Å². The molecule has 2 N–H and O–H groups in total. The highest BCUT2D eigenvalue weighted by Gasteiger charge is 2.21. The Balaban J connectivity index is 1.85. The van der Waals surface area contributed by atoms with E-state index in [1.54, 1.807) is 4.57 Å². The van der Waals surface area contributed by atoms with Crippen LogP contribution in [-0.2, 0) is 6.54 Å². The maximum absolute atomic E-state index is 13.5. The van der Waals surface area contributed by atoms with E-state index in [9.17, 15) is 4.79 Å². The Bertz CT molecular complexity index is 1220. The number of fused-ring (bicyclic) bond motifs is 1. The minimum atomic E-state index is -0.0732. The minimum absolute atomic E-state index is 0.0223. The zero-order valence-electron chi connectivity index (χ0n) is 16.5. The molecule has 146 valence electrons. The number of hydrogen-bond acceptors (Lipinski definition) is 2. The number of nitrogens with zero attached hydrogens (tertiary/aromatic N) is 2. The quantitative estimate of drug-likeness (QED) is 0.542. The molecular weight excluding hydrogens is 382 g/mol. The van der Waals surface area contributed by atoms with Gasteiger partial charge in [-0.25, -0.2) is 4.98 Å². The monoisotopic (exact) mass is 404 g/mol. The zero-order chi connectivity index (χ0) is 20.4. The SMILES string of the molecule is Cc1c(Cl)cccc1-n1c([C@H](C)[NH2+]Cc2ccccc2)nc2ccccc2c1=O. The van der Waals surface area contributed by atoms with E-state index in [0.29, 0.717) is 15.9 Å². The highest BCUT2D eigenvalue weighted by atomic mass is 35.5. The molecule has 0 fully saturated rings. The molecule has 0 bridgehead atoms. The molecule has 1 heterocycles. The van der Waals surface area contributed by atoms with Crippen LogP contribution in [0.5, 0.6) is 0 Å². The molecule has 0 saturated carbocycles. The number of para-hydroxylation sites is 1. The van der Waals surface area contributed by atoms with Crippen molar-refractivity contribution in [3.05, 3.63) is 105 Å². The van der Waals surface area contributed by atoms with E-state index in [0.717, 1.165) is 23.6 Å². The van der Waals surface area contributed by atoms with Crippen LogP contribution in [0.25, 0.3) is 16.6 Å².